The van der Waals surface area contributed by atoms with E-state index in [1.165, 1.54) is 6.92 Å². The van der Waals surface area contributed by atoms with Crippen molar-refractivity contribution in [2.24, 2.45) is 0 Å². The molecule has 0 bridgehead atoms. The third kappa shape index (κ3) is 4.75. The van der Waals surface area contributed by atoms with Crippen LogP contribution in [0.4, 0.5) is 5.69 Å². The quantitative estimate of drug-likeness (QED) is 0.850. The maximum Gasteiger partial charge on any atom is 0.239 e. The summed E-state index contributed by atoms with van der Waals surface area (Å²) in [5, 5.41) is 2.53. The van der Waals surface area contributed by atoms with E-state index in [9.17, 15) is 13.2 Å². The fourth-order valence-corrected chi connectivity index (χ4v) is 1.98. The molecular weight excluding hydrogens is 254 g/mol. The zero-order valence-corrected chi connectivity index (χ0v) is 11.3. The smallest absolute Gasteiger partial charge is 0.239 e. The molecule has 1 rings (SSSR count). The second-order valence-corrected chi connectivity index (χ2v) is 6.04. The van der Waals surface area contributed by atoms with Crippen molar-refractivity contribution in [3.63, 3.8) is 0 Å². The highest BCUT2D eigenvalue weighted by molar-refractivity contribution is 7.92. The fourth-order valence-electron chi connectivity index (χ4n) is 1.30. The summed E-state index contributed by atoms with van der Waals surface area (Å²) in [7, 11) is -3.29. The number of hydrogen-bond donors (Lipinski definition) is 1. The van der Waals surface area contributed by atoms with Crippen molar-refractivity contribution < 1.29 is 17.9 Å². The van der Waals surface area contributed by atoms with Crippen LogP contribution in [0.2, 0.25) is 0 Å². The van der Waals surface area contributed by atoms with E-state index in [4.69, 9.17) is 4.74 Å². The van der Waals surface area contributed by atoms with Crippen LogP contribution in [-0.4, -0.2) is 32.4 Å². The molecule has 0 spiro atoms. The summed E-state index contributed by atoms with van der Waals surface area (Å²) in [6, 6.07) is 6.77. The third-order valence-electron chi connectivity index (χ3n) is 2.24. The number of rotatable bonds is 6. The maximum atomic E-state index is 11.5. The van der Waals surface area contributed by atoms with Crippen molar-refractivity contribution in [2.45, 2.75) is 13.8 Å². The van der Waals surface area contributed by atoms with Gasteiger partial charge in [0.1, 0.15) is 11.5 Å². The van der Waals surface area contributed by atoms with E-state index < -0.39 is 21.5 Å². The molecular formula is C12H17NO4S. The molecule has 0 radical (unpaired) electrons. The van der Waals surface area contributed by atoms with Crippen LogP contribution in [0.15, 0.2) is 24.3 Å². The Kier molecular flexibility index (Phi) is 5.15. The number of anilines is 1. The topological polar surface area (TPSA) is 72.5 Å². The van der Waals surface area contributed by atoms with Gasteiger partial charge in [-0.3, -0.25) is 4.79 Å². The molecule has 100 valence electrons. The van der Waals surface area contributed by atoms with Gasteiger partial charge in [-0.15, -0.1) is 0 Å². The number of hydrogen-bond acceptors (Lipinski definition) is 4. The SMILES string of the molecule is CCOc1ccc(NC(=O)CS(=O)(=O)CC)cc1. The van der Waals surface area contributed by atoms with Crippen molar-refractivity contribution >= 4 is 21.4 Å². The average Bonchev–Trinajstić information content (AvgIpc) is 2.31. The van der Waals surface area contributed by atoms with Gasteiger partial charge in [0.25, 0.3) is 0 Å². The molecule has 0 saturated carbocycles. The van der Waals surface area contributed by atoms with E-state index in [1.54, 1.807) is 24.3 Å². The van der Waals surface area contributed by atoms with Crippen molar-refractivity contribution in [3.8, 4) is 5.75 Å². The molecule has 1 amide bonds. The van der Waals surface area contributed by atoms with Crippen LogP contribution in [0, 0.1) is 0 Å². The molecule has 0 aliphatic heterocycles. The summed E-state index contributed by atoms with van der Waals surface area (Å²) >= 11 is 0. The molecule has 6 heteroatoms. The predicted molar refractivity (Wildman–Crippen MR) is 70.6 cm³/mol. The van der Waals surface area contributed by atoms with Crippen LogP contribution in [-0.2, 0) is 14.6 Å². The zero-order valence-electron chi connectivity index (χ0n) is 10.5. The second kappa shape index (κ2) is 6.39. The van der Waals surface area contributed by atoms with Gasteiger partial charge in [0.15, 0.2) is 9.84 Å². The number of carbonyl (C=O) groups excluding carboxylic acids is 1. The second-order valence-electron chi connectivity index (χ2n) is 3.68. The minimum absolute atomic E-state index is 0.0380. The summed E-state index contributed by atoms with van der Waals surface area (Å²) in [6.45, 7) is 3.96. The Hall–Kier alpha value is -1.56. The number of sulfone groups is 1. The minimum atomic E-state index is -3.29. The van der Waals surface area contributed by atoms with E-state index in [0.29, 0.717) is 18.0 Å². The summed E-state index contributed by atoms with van der Waals surface area (Å²) in [5.41, 5.74) is 0.551. The Labute approximate surface area is 107 Å². The highest BCUT2D eigenvalue weighted by Crippen LogP contribution is 2.15. The van der Waals surface area contributed by atoms with E-state index in [2.05, 4.69) is 5.32 Å². The molecule has 1 aromatic carbocycles. The normalized spacial score (nSPS) is 11.0. The van der Waals surface area contributed by atoms with E-state index >= 15 is 0 Å². The van der Waals surface area contributed by atoms with Gasteiger partial charge >= 0.3 is 0 Å². The molecule has 0 atom stereocenters. The first-order chi connectivity index (χ1) is 8.46. The van der Waals surface area contributed by atoms with Crippen LogP contribution in [0.1, 0.15) is 13.8 Å². The zero-order chi connectivity index (χ0) is 13.6. The summed E-state index contributed by atoms with van der Waals surface area (Å²) in [6.07, 6.45) is 0. The van der Waals surface area contributed by atoms with Crippen molar-refractivity contribution in [1.29, 1.82) is 0 Å². The molecule has 0 aliphatic rings. The fraction of sp³-hybridized carbons (Fsp3) is 0.417. The van der Waals surface area contributed by atoms with Crippen LogP contribution in [0.3, 0.4) is 0 Å². The lowest BCUT2D eigenvalue weighted by atomic mass is 10.3. The lowest BCUT2D eigenvalue weighted by Gasteiger charge is -2.07. The molecule has 0 aliphatic carbocycles. The first kappa shape index (κ1) is 14.5. The lowest BCUT2D eigenvalue weighted by Crippen LogP contribution is -2.23. The van der Waals surface area contributed by atoms with Crippen molar-refractivity contribution in [1.82, 2.24) is 0 Å². The number of ether oxygens (including phenoxy) is 1. The van der Waals surface area contributed by atoms with Crippen molar-refractivity contribution in [3.05, 3.63) is 24.3 Å². The number of benzene rings is 1. The lowest BCUT2D eigenvalue weighted by molar-refractivity contribution is -0.113. The summed E-state index contributed by atoms with van der Waals surface area (Å²) in [4.78, 5) is 11.5. The molecule has 0 heterocycles. The van der Waals surface area contributed by atoms with Gasteiger partial charge < -0.3 is 10.1 Å². The van der Waals surface area contributed by atoms with Gasteiger partial charge in [0, 0.05) is 11.4 Å². The molecule has 1 N–H and O–H groups in total. The van der Waals surface area contributed by atoms with Crippen LogP contribution in [0.25, 0.3) is 0 Å². The Bertz CT molecular complexity index is 493. The van der Waals surface area contributed by atoms with Crippen LogP contribution in [0.5, 0.6) is 5.75 Å². The highest BCUT2D eigenvalue weighted by Gasteiger charge is 2.14. The molecule has 1 aromatic rings. The number of carbonyl (C=O) groups is 1. The van der Waals surface area contributed by atoms with Gasteiger partial charge in [0.2, 0.25) is 5.91 Å². The molecule has 0 fully saturated rings. The number of nitrogens with one attached hydrogen (secondary N) is 1. The summed E-state index contributed by atoms with van der Waals surface area (Å²) < 4.78 is 27.8. The van der Waals surface area contributed by atoms with Crippen LogP contribution < -0.4 is 10.1 Å². The van der Waals surface area contributed by atoms with Gasteiger partial charge in [-0.25, -0.2) is 8.42 Å². The number of amides is 1. The standard InChI is InChI=1S/C12H17NO4S/c1-3-17-11-7-5-10(6-8-11)13-12(14)9-18(15,16)4-2/h5-8H,3-4,9H2,1-2H3,(H,13,14). The molecule has 0 saturated heterocycles. The van der Waals surface area contributed by atoms with Gasteiger partial charge in [-0.1, -0.05) is 6.92 Å². The van der Waals surface area contributed by atoms with Gasteiger partial charge in [0.05, 0.1) is 6.61 Å². The van der Waals surface area contributed by atoms with E-state index in [1.807, 2.05) is 6.92 Å². The Morgan fingerprint density at radius 3 is 2.33 bits per heavy atom. The molecule has 5 nitrogen and oxygen atoms in total. The Morgan fingerprint density at radius 2 is 1.83 bits per heavy atom. The molecule has 0 aromatic heterocycles. The van der Waals surface area contributed by atoms with E-state index in [-0.39, 0.29) is 5.75 Å². The summed E-state index contributed by atoms with van der Waals surface area (Å²) in [5.74, 6) is -0.349. The minimum Gasteiger partial charge on any atom is -0.494 e. The average molecular weight is 271 g/mol. The highest BCUT2D eigenvalue weighted by atomic mass is 32.2. The van der Waals surface area contributed by atoms with Gasteiger partial charge in [-0.05, 0) is 31.2 Å². The monoisotopic (exact) mass is 271 g/mol. The molecule has 0 unspecified atom stereocenters. The third-order valence-corrected chi connectivity index (χ3v) is 3.82. The van der Waals surface area contributed by atoms with E-state index in [0.717, 1.165) is 0 Å². The Balaban J connectivity index is 2.60. The van der Waals surface area contributed by atoms with Crippen LogP contribution >= 0.6 is 0 Å². The maximum absolute atomic E-state index is 11.5. The van der Waals surface area contributed by atoms with Gasteiger partial charge in [-0.2, -0.15) is 0 Å². The predicted octanol–water partition coefficient (Wildman–Crippen LogP) is 1.46. The van der Waals surface area contributed by atoms with Crippen molar-refractivity contribution in [2.75, 3.05) is 23.4 Å². The molecule has 18 heavy (non-hydrogen) atoms. The largest absolute Gasteiger partial charge is 0.494 e. The first-order valence-corrected chi connectivity index (χ1v) is 7.52. The first-order valence-electron chi connectivity index (χ1n) is 5.70. The Morgan fingerprint density at radius 1 is 1.22 bits per heavy atom.